The molecule has 3 nitrogen and oxygen atoms in total. The topological polar surface area (TPSA) is 41.1 Å². The summed E-state index contributed by atoms with van der Waals surface area (Å²) < 4.78 is 0. The van der Waals surface area contributed by atoms with Crippen molar-refractivity contribution in [3.63, 3.8) is 0 Å². The Hall–Kier alpha value is -1.65. The second kappa shape index (κ2) is 8.45. The van der Waals surface area contributed by atoms with Crippen LogP contribution in [0.1, 0.15) is 55.5 Å². The zero-order chi connectivity index (χ0) is 16.8. The van der Waals surface area contributed by atoms with E-state index in [9.17, 15) is 4.79 Å². The van der Waals surface area contributed by atoms with Crippen molar-refractivity contribution >= 4 is 17.2 Å². The number of rotatable bonds is 6. The first-order chi connectivity index (χ1) is 11.7. The first kappa shape index (κ1) is 17.2. The number of carbonyl (C=O) groups excluding carboxylic acids is 1. The van der Waals surface area contributed by atoms with Crippen molar-refractivity contribution in [2.75, 3.05) is 0 Å². The highest BCUT2D eigenvalue weighted by Crippen LogP contribution is 2.26. The summed E-state index contributed by atoms with van der Waals surface area (Å²) in [5.41, 5.74) is 1.19. The summed E-state index contributed by atoms with van der Waals surface area (Å²) in [4.78, 5) is 13.8. The van der Waals surface area contributed by atoms with E-state index < -0.39 is 0 Å². The monoisotopic (exact) mass is 342 g/mol. The fourth-order valence-corrected chi connectivity index (χ4v) is 4.15. The van der Waals surface area contributed by atoms with E-state index >= 15 is 0 Å². The van der Waals surface area contributed by atoms with Gasteiger partial charge in [0.1, 0.15) is 0 Å². The number of nitrogens with one attached hydrogen (secondary N) is 2. The maximum atomic E-state index is 12.6. The van der Waals surface area contributed by atoms with Crippen LogP contribution in [0.15, 0.2) is 47.8 Å². The van der Waals surface area contributed by atoms with E-state index in [1.807, 2.05) is 25.1 Å². The molecule has 0 saturated heterocycles. The molecule has 0 unspecified atom stereocenters. The molecule has 1 aromatic carbocycles. The minimum absolute atomic E-state index is 0.0540. The Morgan fingerprint density at radius 3 is 2.50 bits per heavy atom. The summed E-state index contributed by atoms with van der Waals surface area (Å²) >= 11 is 1.72. The van der Waals surface area contributed by atoms with Crippen LogP contribution in [0.3, 0.4) is 0 Å². The molecule has 1 amide bonds. The van der Waals surface area contributed by atoms with Crippen LogP contribution < -0.4 is 10.6 Å². The first-order valence-corrected chi connectivity index (χ1v) is 9.77. The minimum atomic E-state index is -0.223. The Kier molecular flexibility index (Phi) is 6.05. The predicted octanol–water partition coefficient (Wildman–Crippen LogP) is 4.26. The number of carbonyl (C=O) groups is 1. The third-order valence-electron chi connectivity index (χ3n) is 4.72. The molecule has 1 fully saturated rings. The van der Waals surface area contributed by atoms with Crippen LogP contribution in [0.5, 0.6) is 0 Å². The number of hydrogen-bond donors (Lipinski definition) is 2. The van der Waals surface area contributed by atoms with Crippen LogP contribution in [0.2, 0.25) is 0 Å². The van der Waals surface area contributed by atoms with Gasteiger partial charge < -0.3 is 5.32 Å². The van der Waals surface area contributed by atoms with E-state index in [0.29, 0.717) is 6.04 Å². The third kappa shape index (κ3) is 4.46. The number of thiophene rings is 1. The average Bonchev–Trinajstić information content (AvgIpc) is 3.15. The van der Waals surface area contributed by atoms with Gasteiger partial charge in [0.15, 0.2) is 0 Å². The van der Waals surface area contributed by atoms with Crippen molar-refractivity contribution in [1.29, 1.82) is 0 Å². The Bertz CT molecular complexity index is 620. The average molecular weight is 343 g/mol. The maximum absolute atomic E-state index is 12.6. The Balaban J connectivity index is 1.66. The molecule has 1 aliphatic rings. The fraction of sp³-hybridized carbons (Fsp3) is 0.450. The molecule has 2 N–H and O–H groups in total. The second-order valence-electron chi connectivity index (χ2n) is 6.59. The van der Waals surface area contributed by atoms with Gasteiger partial charge in [-0.1, -0.05) is 55.7 Å². The van der Waals surface area contributed by atoms with Crippen molar-refractivity contribution in [3.8, 4) is 0 Å². The summed E-state index contributed by atoms with van der Waals surface area (Å²) in [6, 6.07) is 14.7. The lowest BCUT2D eigenvalue weighted by Crippen LogP contribution is -2.47. The van der Waals surface area contributed by atoms with Crippen molar-refractivity contribution in [1.82, 2.24) is 10.6 Å². The zero-order valence-electron chi connectivity index (χ0n) is 14.2. The quantitative estimate of drug-likeness (QED) is 0.823. The van der Waals surface area contributed by atoms with Gasteiger partial charge in [-0.15, -0.1) is 11.3 Å². The minimum Gasteiger partial charge on any atom is -0.352 e. The molecule has 2 aromatic rings. The second-order valence-corrected chi connectivity index (χ2v) is 7.57. The molecule has 1 heterocycles. The molecule has 0 spiro atoms. The van der Waals surface area contributed by atoms with Crippen molar-refractivity contribution in [2.24, 2.45) is 0 Å². The molecule has 24 heavy (non-hydrogen) atoms. The summed E-state index contributed by atoms with van der Waals surface area (Å²) in [7, 11) is 0. The van der Waals surface area contributed by atoms with E-state index in [1.54, 1.807) is 11.3 Å². The summed E-state index contributed by atoms with van der Waals surface area (Å²) in [5, 5.41) is 8.83. The van der Waals surface area contributed by atoms with Gasteiger partial charge in [0, 0.05) is 10.9 Å². The summed E-state index contributed by atoms with van der Waals surface area (Å²) in [5.74, 6) is 0.111. The highest BCUT2D eigenvalue weighted by Gasteiger charge is 2.23. The summed E-state index contributed by atoms with van der Waals surface area (Å²) in [6.07, 6.45) is 5.99. The van der Waals surface area contributed by atoms with Gasteiger partial charge in [-0.25, -0.2) is 0 Å². The highest BCUT2D eigenvalue weighted by molar-refractivity contribution is 7.10. The summed E-state index contributed by atoms with van der Waals surface area (Å²) in [6.45, 7) is 1.96. The van der Waals surface area contributed by atoms with E-state index in [0.717, 1.165) is 12.8 Å². The van der Waals surface area contributed by atoms with E-state index in [2.05, 4.69) is 40.3 Å². The van der Waals surface area contributed by atoms with E-state index in [-0.39, 0.29) is 18.0 Å². The van der Waals surface area contributed by atoms with Gasteiger partial charge >= 0.3 is 0 Å². The number of benzene rings is 1. The number of amides is 1. The lowest BCUT2D eigenvalue weighted by Gasteiger charge is -2.27. The van der Waals surface area contributed by atoms with Crippen LogP contribution in [-0.2, 0) is 4.79 Å². The molecule has 1 aromatic heterocycles. The van der Waals surface area contributed by atoms with Gasteiger partial charge in [-0.05, 0) is 36.8 Å². The molecule has 1 aliphatic carbocycles. The first-order valence-electron chi connectivity index (χ1n) is 8.89. The van der Waals surface area contributed by atoms with Gasteiger partial charge in [-0.2, -0.15) is 0 Å². The Morgan fingerprint density at radius 1 is 1.08 bits per heavy atom. The maximum Gasteiger partial charge on any atom is 0.237 e. The lowest BCUT2D eigenvalue weighted by atomic mass is 9.95. The molecule has 0 bridgehead atoms. The normalized spacial score (nSPS) is 18.0. The molecule has 0 aliphatic heterocycles. The van der Waals surface area contributed by atoms with E-state index in [1.165, 1.54) is 29.7 Å². The van der Waals surface area contributed by atoms with Crippen LogP contribution in [-0.4, -0.2) is 18.0 Å². The Labute approximate surface area is 148 Å². The van der Waals surface area contributed by atoms with Gasteiger partial charge in [-0.3, -0.25) is 10.1 Å². The van der Waals surface area contributed by atoms with Crippen molar-refractivity contribution in [3.05, 3.63) is 58.3 Å². The van der Waals surface area contributed by atoms with Crippen molar-refractivity contribution < 1.29 is 4.79 Å². The zero-order valence-corrected chi connectivity index (χ0v) is 15.0. The van der Waals surface area contributed by atoms with Crippen LogP contribution in [0.25, 0.3) is 0 Å². The highest BCUT2D eigenvalue weighted by atomic mass is 32.1. The van der Waals surface area contributed by atoms with Crippen LogP contribution >= 0.6 is 11.3 Å². The van der Waals surface area contributed by atoms with Crippen LogP contribution in [0.4, 0.5) is 0 Å². The largest absolute Gasteiger partial charge is 0.352 e. The molecule has 128 valence electrons. The molecule has 4 heteroatoms. The number of hydrogen-bond acceptors (Lipinski definition) is 3. The molecule has 3 rings (SSSR count). The smallest absolute Gasteiger partial charge is 0.237 e. The van der Waals surface area contributed by atoms with E-state index in [4.69, 9.17) is 0 Å². The van der Waals surface area contributed by atoms with Gasteiger partial charge in [0.25, 0.3) is 0 Å². The lowest BCUT2D eigenvalue weighted by molar-refractivity contribution is -0.123. The van der Waals surface area contributed by atoms with Gasteiger partial charge in [0.05, 0.1) is 12.1 Å². The third-order valence-corrected chi connectivity index (χ3v) is 5.66. The van der Waals surface area contributed by atoms with Gasteiger partial charge in [0.2, 0.25) is 5.91 Å². The predicted molar refractivity (Wildman–Crippen MR) is 100 cm³/mol. The molecule has 1 saturated carbocycles. The Morgan fingerprint density at radius 2 is 1.83 bits per heavy atom. The van der Waals surface area contributed by atoms with Crippen LogP contribution in [0, 0.1) is 0 Å². The molecular formula is C20H26N2OS. The SMILES string of the molecule is C[C@H](N[C@@H](c1ccccc1)c1cccs1)C(=O)NC1CCCCC1. The standard InChI is InChI=1S/C20H26N2OS/c1-15(20(23)22-17-11-6-3-7-12-17)21-19(18-13-8-14-24-18)16-9-4-2-5-10-16/h2,4-5,8-10,13-15,17,19,21H,3,6-7,11-12H2,1H3,(H,22,23)/t15-,19-/m0/s1. The fourth-order valence-electron chi connectivity index (χ4n) is 3.34. The molecule has 2 atom stereocenters. The molecular weight excluding hydrogens is 316 g/mol. The molecule has 0 radical (unpaired) electrons. The van der Waals surface area contributed by atoms with Crippen molar-refractivity contribution in [2.45, 2.75) is 57.2 Å².